The molecule has 3 aliphatic rings. The van der Waals surface area contributed by atoms with Crippen molar-refractivity contribution in [3.63, 3.8) is 0 Å². The van der Waals surface area contributed by atoms with Gasteiger partial charge >= 0.3 is 6.03 Å². The highest BCUT2D eigenvalue weighted by atomic mass is 16.2. The van der Waals surface area contributed by atoms with E-state index in [2.05, 4.69) is 45.9 Å². The lowest BCUT2D eigenvalue weighted by Gasteiger charge is -2.39. The molecule has 1 atom stereocenters. The molecular formula is C30H34N8O2. The molecule has 3 aromatic rings. The van der Waals surface area contributed by atoms with Gasteiger partial charge in [-0.05, 0) is 49.9 Å². The average molecular weight is 539 g/mol. The molecule has 0 spiro atoms. The van der Waals surface area contributed by atoms with Crippen molar-refractivity contribution < 1.29 is 9.59 Å². The van der Waals surface area contributed by atoms with Crippen molar-refractivity contribution in [3.8, 4) is 0 Å². The van der Waals surface area contributed by atoms with Gasteiger partial charge in [-0.15, -0.1) is 0 Å². The monoisotopic (exact) mass is 538 g/mol. The van der Waals surface area contributed by atoms with Crippen LogP contribution in [0.4, 0.5) is 33.6 Å². The number of likely N-dealkylation sites (tertiary alicyclic amines) is 1. The van der Waals surface area contributed by atoms with Crippen LogP contribution in [0.1, 0.15) is 12.0 Å². The lowest BCUT2D eigenvalue weighted by Crippen LogP contribution is -2.53. The summed E-state index contributed by atoms with van der Waals surface area (Å²) >= 11 is 0. The van der Waals surface area contributed by atoms with E-state index in [1.807, 2.05) is 42.5 Å². The number of piperazine rings is 1. The van der Waals surface area contributed by atoms with Crippen molar-refractivity contribution in [3.05, 3.63) is 79.0 Å². The molecule has 206 valence electrons. The van der Waals surface area contributed by atoms with Gasteiger partial charge in [0.15, 0.2) is 0 Å². The number of hydrogen-bond donors (Lipinski definition) is 1. The van der Waals surface area contributed by atoms with E-state index in [4.69, 9.17) is 4.98 Å². The minimum atomic E-state index is -0.204. The maximum atomic E-state index is 14.0. The Kier molecular flexibility index (Phi) is 7.08. The van der Waals surface area contributed by atoms with Crippen LogP contribution in [0.2, 0.25) is 0 Å². The van der Waals surface area contributed by atoms with Gasteiger partial charge in [0.05, 0.1) is 12.6 Å². The molecule has 1 N–H and O–H groups in total. The number of amides is 3. The van der Waals surface area contributed by atoms with E-state index >= 15 is 0 Å². The van der Waals surface area contributed by atoms with E-state index in [0.29, 0.717) is 37.8 Å². The largest absolute Gasteiger partial charge is 0.369 e. The summed E-state index contributed by atoms with van der Waals surface area (Å²) in [6.45, 7) is 9.02. The molecule has 1 unspecified atom stereocenters. The molecule has 2 saturated heterocycles. The first-order valence-corrected chi connectivity index (χ1v) is 13.7. The average Bonchev–Trinajstić information content (AvgIpc) is 3.47. The third-order valence-corrected chi connectivity index (χ3v) is 7.89. The predicted octanol–water partition coefficient (Wildman–Crippen LogP) is 3.71. The summed E-state index contributed by atoms with van der Waals surface area (Å²) in [6, 6.07) is 17.5. The Hall–Kier alpha value is -4.44. The number of urea groups is 1. The Morgan fingerprint density at radius 3 is 2.58 bits per heavy atom. The minimum Gasteiger partial charge on any atom is -0.369 e. The molecule has 0 radical (unpaired) electrons. The van der Waals surface area contributed by atoms with Gasteiger partial charge in [0.25, 0.3) is 0 Å². The van der Waals surface area contributed by atoms with Crippen LogP contribution in [0, 0.1) is 0 Å². The number of anilines is 5. The number of nitrogens with one attached hydrogen (secondary N) is 1. The van der Waals surface area contributed by atoms with E-state index < -0.39 is 0 Å². The zero-order chi connectivity index (χ0) is 27.6. The minimum absolute atomic E-state index is 0.127. The van der Waals surface area contributed by atoms with Gasteiger partial charge in [-0.1, -0.05) is 30.8 Å². The maximum Gasteiger partial charge on any atom is 0.330 e. The fraction of sp³-hybridized carbons (Fsp3) is 0.333. The van der Waals surface area contributed by atoms with E-state index in [1.54, 1.807) is 20.9 Å². The highest BCUT2D eigenvalue weighted by Crippen LogP contribution is 2.35. The number of fused-ring (bicyclic) bond motifs is 1. The first kappa shape index (κ1) is 25.8. The zero-order valence-electron chi connectivity index (χ0n) is 22.7. The van der Waals surface area contributed by atoms with Crippen molar-refractivity contribution >= 4 is 40.8 Å². The molecule has 6 rings (SSSR count). The summed E-state index contributed by atoms with van der Waals surface area (Å²) in [5.41, 5.74) is 3.71. The van der Waals surface area contributed by atoms with E-state index in [-0.39, 0.29) is 18.0 Å². The first-order chi connectivity index (χ1) is 19.5. The molecule has 3 amide bonds. The molecule has 2 aromatic carbocycles. The molecule has 3 aliphatic heterocycles. The summed E-state index contributed by atoms with van der Waals surface area (Å²) in [5, 5.41) is 3.36. The molecular weight excluding hydrogens is 504 g/mol. The van der Waals surface area contributed by atoms with Crippen LogP contribution >= 0.6 is 0 Å². The molecule has 10 heteroatoms. The summed E-state index contributed by atoms with van der Waals surface area (Å²) < 4.78 is 0. The van der Waals surface area contributed by atoms with Crippen LogP contribution in [0.5, 0.6) is 0 Å². The standard InChI is InChI=1S/C30H34N8O2/c1-3-27(39)36-13-12-26(21-36)38-28-22(20-37(30(38)40)24-9-5-4-6-10-24)19-31-29(33-28)32-23-8-7-11-25(18-23)35-16-14-34(2)15-17-35/h3-11,18-19,26H,1,12-17,20-21H2,2H3,(H,31,32,33). The van der Waals surface area contributed by atoms with Gasteiger partial charge in [0.2, 0.25) is 11.9 Å². The summed E-state index contributed by atoms with van der Waals surface area (Å²) in [4.78, 5) is 45.7. The first-order valence-electron chi connectivity index (χ1n) is 13.7. The molecule has 0 bridgehead atoms. The van der Waals surface area contributed by atoms with Crippen molar-refractivity contribution in [2.45, 2.75) is 19.0 Å². The van der Waals surface area contributed by atoms with Crippen LogP contribution in [0.25, 0.3) is 0 Å². The van der Waals surface area contributed by atoms with E-state index in [9.17, 15) is 9.59 Å². The van der Waals surface area contributed by atoms with Crippen LogP contribution in [-0.4, -0.2) is 84.1 Å². The second kappa shape index (κ2) is 11.0. The number of likely N-dealkylation sites (N-methyl/N-ethyl adjacent to an activating group) is 1. The summed E-state index contributed by atoms with van der Waals surface area (Å²) in [6.07, 6.45) is 3.78. The molecule has 40 heavy (non-hydrogen) atoms. The Morgan fingerprint density at radius 1 is 1.02 bits per heavy atom. The third kappa shape index (κ3) is 5.10. The van der Waals surface area contributed by atoms with E-state index in [1.165, 1.54) is 6.08 Å². The third-order valence-electron chi connectivity index (χ3n) is 7.89. The number of hydrogen-bond acceptors (Lipinski definition) is 7. The van der Waals surface area contributed by atoms with Crippen LogP contribution in [0.15, 0.2) is 73.4 Å². The van der Waals surface area contributed by atoms with Gasteiger partial charge in [-0.25, -0.2) is 9.78 Å². The molecule has 4 heterocycles. The Bertz CT molecular complexity index is 1410. The number of aromatic nitrogens is 2. The Labute approximate surface area is 234 Å². The molecule has 0 aliphatic carbocycles. The number of nitrogens with zero attached hydrogens (tertiary/aromatic N) is 7. The van der Waals surface area contributed by atoms with Gasteiger partial charge in [-0.3, -0.25) is 14.6 Å². The van der Waals surface area contributed by atoms with Gasteiger partial charge in [-0.2, -0.15) is 4.98 Å². The SMILES string of the molecule is C=CC(=O)N1CCC(N2C(=O)N(c3ccccc3)Cc3cnc(Nc4cccc(N5CCN(C)CC5)c4)nc32)C1. The van der Waals surface area contributed by atoms with Gasteiger partial charge in [0, 0.05) is 68.1 Å². The molecule has 0 saturated carbocycles. The number of carbonyl (C=O) groups is 2. The highest BCUT2D eigenvalue weighted by Gasteiger charge is 2.40. The maximum absolute atomic E-state index is 14.0. The molecule has 1 aromatic heterocycles. The number of para-hydroxylation sites is 1. The van der Waals surface area contributed by atoms with Crippen LogP contribution in [0.3, 0.4) is 0 Å². The lowest BCUT2D eigenvalue weighted by atomic mass is 10.1. The summed E-state index contributed by atoms with van der Waals surface area (Å²) in [5.74, 6) is 0.887. The fourth-order valence-electron chi connectivity index (χ4n) is 5.63. The quantitative estimate of drug-likeness (QED) is 0.479. The molecule has 2 fully saturated rings. The van der Waals surface area contributed by atoms with Crippen molar-refractivity contribution in [2.75, 3.05) is 66.3 Å². The smallest absolute Gasteiger partial charge is 0.330 e. The normalized spacial score (nSPS) is 19.5. The zero-order valence-corrected chi connectivity index (χ0v) is 22.7. The van der Waals surface area contributed by atoms with Crippen molar-refractivity contribution in [1.29, 1.82) is 0 Å². The van der Waals surface area contributed by atoms with E-state index in [0.717, 1.165) is 48.8 Å². The Morgan fingerprint density at radius 2 is 1.80 bits per heavy atom. The van der Waals surface area contributed by atoms with Gasteiger partial charge in [0.1, 0.15) is 5.82 Å². The number of benzene rings is 2. The number of rotatable bonds is 6. The second-order valence-corrected chi connectivity index (χ2v) is 10.5. The van der Waals surface area contributed by atoms with Crippen LogP contribution < -0.4 is 20.0 Å². The Balaban J connectivity index is 1.29. The number of carbonyl (C=O) groups excluding carboxylic acids is 2. The summed E-state index contributed by atoms with van der Waals surface area (Å²) in [7, 11) is 2.15. The second-order valence-electron chi connectivity index (χ2n) is 10.5. The fourth-order valence-corrected chi connectivity index (χ4v) is 5.63. The molecule has 10 nitrogen and oxygen atoms in total. The lowest BCUT2D eigenvalue weighted by molar-refractivity contribution is -0.125. The van der Waals surface area contributed by atoms with Gasteiger partial charge < -0.3 is 20.0 Å². The van der Waals surface area contributed by atoms with Crippen molar-refractivity contribution in [1.82, 2.24) is 19.8 Å². The van der Waals surface area contributed by atoms with Crippen LogP contribution in [-0.2, 0) is 11.3 Å². The highest BCUT2D eigenvalue weighted by molar-refractivity contribution is 6.06. The predicted molar refractivity (Wildman–Crippen MR) is 157 cm³/mol. The topological polar surface area (TPSA) is 88.1 Å². The van der Waals surface area contributed by atoms with Crippen molar-refractivity contribution in [2.24, 2.45) is 0 Å².